The molecule has 0 radical (unpaired) electrons. The van der Waals surface area contributed by atoms with Crippen LogP contribution in [0.1, 0.15) is 31.4 Å². The Hall–Kier alpha value is -2.28. The van der Waals surface area contributed by atoms with Gasteiger partial charge in [-0.2, -0.15) is 0 Å². The molecule has 0 aliphatic heterocycles. The van der Waals surface area contributed by atoms with Crippen LogP contribution >= 0.6 is 0 Å². The SMILES string of the molecule is C=CN/C(=C\CC(C)C)c1cc(-c2ccccc2)ccc1C. The average molecular weight is 291 g/mol. The summed E-state index contributed by atoms with van der Waals surface area (Å²) >= 11 is 0. The summed E-state index contributed by atoms with van der Waals surface area (Å²) in [6.45, 7) is 10.4. The van der Waals surface area contributed by atoms with E-state index < -0.39 is 0 Å². The molecule has 2 aromatic rings. The molecule has 1 heteroatoms. The first kappa shape index (κ1) is 16.1. The van der Waals surface area contributed by atoms with Crippen LogP contribution in [0.15, 0.2) is 67.4 Å². The Labute approximate surface area is 134 Å². The molecule has 0 aliphatic carbocycles. The summed E-state index contributed by atoms with van der Waals surface area (Å²) in [5, 5.41) is 3.30. The van der Waals surface area contributed by atoms with Crippen LogP contribution in [0.25, 0.3) is 16.8 Å². The predicted molar refractivity (Wildman–Crippen MR) is 97.4 cm³/mol. The van der Waals surface area contributed by atoms with E-state index in [0.717, 1.165) is 12.1 Å². The second kappa shape index (κ2) is 7.65. The average Bonchev–Trinajstić information content (AvgIpc) is 2.53. The lowest BCUT2D eigenvalue weighted by molar-refractivity contribution is 0.663. The third-order valence-electron chi connectivity index (χ3n) is 3.69. The fourth-order valence-corrected chi connectivity index (χ4v) is 2.43. The van der Waals surface area contributed by atoms with Gasteiger partial charge in [-0.25, -0.2) is 0 Å². The van der Waals surface area contributed by atoms with Crippen molar-refractivity contribution in [2.75, 3.05) is 0 Å². The van der Waals surface area contributed by atoms with E-state index in [0.29, 0.717) is 5.92 Å². The molecule has 0 bridgehead atoms. The Morgan fingerprint density at radius 2 is 1.82 bits per heavy atom. The maximum Gasteiger partial charge on any atom is 0.0415 e. The quantitative estimate of drug-likeness (QED) is 0.711. The summed E-state index contributed by atoms with van der Waals surface area (Å²) in [4.78, 5) is 0. The number of nitrogens with one attached hydrogen (secondary N) is 1. The first-order valence-corrected chi connectivity index (χ1v) is 7.86. The molecule has 0 spiro atoms. The van der Waals surface area contributed by atoms with Crippen molar-refractivity contribution >= 4 is 5.70 Å². The third-order valence-corrected chi connectivity index (χ3v) is 3.69. The number of hydrogen-bond donors (Lipinski definition) is 1. The highest BCUT2D eigenvalue weighted by molar-refractivity contribution is 5.74. The maximum absolute atomic E-state index is 3.81. The van der Waals surface area contributed by atoms with Gasteiger partial charge in [-0.05, 0) is 48.2 Å². The number of hydrogen-bond acceptors (Lipinski definition) is 1. The lowest BCUT2D eigenvalue weighted by atomic mass is 9.97. The molecule has 0 amide bonds. The van der Waals surface area contributed by atoms with E-state index in [-0.39, 0.29) is 0 Å². The van der Waals surface area contributed by atoms with E-state index in [4.69, 9.17) is 0 Å². The Morgan fingerprint density at radius 3 is 2.45 bits per heavy atom. The van der Waals surface area contributed by atoms with Gasteiger partial charge in [-0.3, -0.25) is 0 Å². The molecule has 0 unspecified atom stereocenters. The van der Waals surface area contributed by atoms with Gasteiger partial charge in [0.25, 0.3) is 0 Å². The highest BCUT2D eigenvalue weighted by Gasteiger charge is 2.07. The third kappa shape index (κ3) is 4.11. The van der Waals surface area contributed by atoms with Gasteiger partial charge in [-0.1, -0.05) is 69.0 Å². The molecule has 1 N–H and O–H groups in total. The van der Waals surface area contributed by atoms with Crippen molar-refractivity contribution in [3.63, 3.8) is 0 Å². The summed E-state index contributed by atoms with van der Waals surface area (Å²) in [7, 11) is 0. The Balaban J connectivity index is 2.44. The monoisotopic (exact) mass is 291 g/mol. The number of aryl methyl sites for hydroxylation is 1. The minimum absolute atomic E-state index is 0.638. The Bertz CT molecular complexity index is 651. The molecule has 2 aromatic carbocycles. The zero-order valence-electron chi connectivity index (χ0n) is 13.8. The normalized spacial score (nSPS) is 11.5. The van der Waals surface area contributed by atoms with Gasteiger partial charge in [-0.15, -0.1) is 0 Å². The molecule has 0 aromatic heterocycles. The molecular weight excluding hydrogens is 266 g/mol. The van der Waals surface area contributed by atoms with Crippen LogP contribution in [0.3, 0.4) is 0 Å². The molecule has 0 fully saturated rings. The van der Waals surface area contributed by atoms with Crippen molar-refractivity contribution < 1.29 is 0 Å². The van der Waals surface area contributed by atoms with Crippen LogP contribution in [0.2, 0.25) is 0 Å². The van der Waals surface area contributed by atoms with Crippen LogP contribution in [-0.2, 0) is 0 Å². The van der Waals surface area contributed by atoms with Crippen molar-refractivity contribution in [2.24, 2.45) is 5.92 Å². The summed E-state index contributed by atoms with van der Waals surface area (Å²) in [6, 6.07) is 17.1. The van der Waals surface area contributed by atoms with Gasteiger partial charge < -0.3 is 5.32 Å². The van der Waals surface area contributed by atoms with Crippen LogP contribution in [0.4, 0.5) is 0 Å². The zero-order chi connectivity index (χ0) is 15.9. The molecule has 0 atom stereocenters. The topological polar surface area (TPSA) is 12.0 Å². The second-order valence-corrected chi connectivity index (χ2v) is 5.99. The summed E-state index contributed by atoms with van der Waals surface area (Å²) in [5.74, 6) is 0.638. The van der Waals surface area contributed by atoms with Gasteiger partial charge in [0.1, 0.15) is 0 Å². The van der Waals surface area contributed by atoms with Gasteiger partial charge in [0.15, 0.2) is 0 Å². The van der Waals surface area contributed by atoms with Gasteiger partial charge in [0, 0.05) is 11.3 Å². The van der Waals surface area contributed by atoms with E-state index in [2.05, 4.69) is 81.2 Å². The van der Waals surface area contributed by atoms with E-state index in [1.165, 1.54) is 22.3 Å². The van der Waals surface area contributed by atoms with Crippen molar-refractivity contribution in [2.45, 2.75) is 27.2 Å². The van der Waals surface area contributed by atoms with Crippen molar-refractivity contribution in [1.82, 2.24) is 5.32 Å². The van der Waals surface area contributed by atoms with E-state index in [9.17, 15) is 0 Å². The molecule has 22 heavy (non-hydrogen) atoms. The highest BCUT2D eigenvalue weighted by atomic mass is 14.8. The molecule has 0 aliphatic rings. The first-order chi connectivity index (χ1) is 10.6. The largest absolute Gasteiger partial charge is 0.362 e. The van der Waals surface area contributed by atoms with E-state index in [1.54, 1.807) is 6.20 Å². The van der Waals surface area contributed by atoms with Gasteiger partial charge >= 0.3 is 0 Å². The van der Waals surface area contributed by atoms with Crippen LogP contribution in [0.5, 0.6) is 0 Å². The number of allylic oxidation sites excluding steroid dienone is 1. The van der Waals surface area contributed by atoms with Crippen molar-refractivity contribution in [1.29, 1.82) is 0 Å². The minimum atomic E-state index is 0.638. The van der Waals surface area contributed by atoms with E-state index >= 15 is 0 Å². The highest BCUT2D eigenvalue weighted by Crippen LogP contribution is 2.26. The molecule has 114 valence electrons. The molecule has 0 heterocycles. The van der Waals surface area contributed by atoms with Crippen molar-refractivity contribution in [3.05, 3.63) is 78.5 Å². The van der Waals surface area contributed by atoms with Gasteiger partial charge in [0.05, 0.1) is 0 Å². The summed E-state index contributed by atoms with van der Waals surface area (Å²) in [5.41, 5.74) is 6.12. The molecular formula is C21H25N. The number of benzene rings is 2. The first-order valence-electron chi connectivity index (χ1n) is 7.86. The lowest BCUT2D eigenvalue weighted by Gasteiger charge is -2.14. The Kier molecular flexibility index (Phi) is 5.60. The minimum Gasteiger partial charge on any atom is -0.362 e. The maximum atomic E-state index is 3.81. The fraction of sp³-hybridized carbons (Fsp3) is 0.238. The zero-order valence-corrected chi connectivity index (χ0v) is 13.8. The molecule has 0 saturated carbocycles. The van der Waals surface area contributed by atoms with Crippen LogP contribution in [-0.4, -0.2) is 0 Å². The molecule has 0 saturated heterocycles. The smallest absolute Gasteiger partial charge is 0.0415 e. The standard InChI is InChI=1S/C21H25N/c1-5-22-21(14-11-16(2)3)20-15-19(13-12-17(20)4)18-9-7-6-8-10-18/h5-10,12-16,22H,1,11H2,2-4H3/b21-14-. The fourth-order valence-electron chi connectivity index (χ4n) is 2.43. The second-order valence-electron chi connectivity index (χ2n) is 5.99. The predicted octanol–water partition coefficient (Wildman–Crippen LogP) is 5.78. The van der Waals surface area contributed by atoms with E-state index in [1.807, 2.05) is 6.07 Å². The molecule has 1 nitrogen and oxygen atoms in total. The number of rotatable bonds is 6. The van der Waals surface area contributed by atoms with Crippen molar-refractivity contribution in [3.8, 4) is 11.1 Å². The van der Waals surface area contributed by atoms with Crippen LogP contribution < -0.4 is 5.32 Å². The summed E-state index contributed by atoms with van der Waals surface area (Å²) < 4.78 is 0. The molecule has 2 rings (SSSR count). The van der Waals surface area contributed by atoms with Gasteiger partial charge in [0.2, 0.25) is 0 Å². The lowest BCUT2D eigenvalue weighted by Crippen LogP contribution is -2.05. The van der Waals surface area contributed by atoms with Crippen LogP contribution in [0, 0.1) is 12.8 Å². The summed E-state index contributed by atoms with van der Waals surface area (Å²) in [6.07, 6.45) is 5.06. The Morgan fingerprint density at radius 1 is 1.09 bits per heavy atom.